The molecule has 1 aromatic rings. The molecular weight excluding hydrogens is 302 g/mol. The molecule has 0 spiro atoms. The highest BCUT2D eigenvalue weighted by Crippen LogP contribution is 2.56. The Hall–Kier alpha value is -0.540. The maximum Gasteiger partial charge on any atom is 0.122 e. The number of benzene rings is 1. The average molecular weight is 324 g/mol. The molecule has 0 unspecified atom stereocenters. The van der Waals surface area contributed by atoms with Crippen molar-refractivity contribution in [2.24, 2.45) is 5.41 Å². The summed E-state index contributed by atoms with van der Waals surface area (Å²) in [6.07, 6.45) is 2.23. The molecular formula is C16H22BrNO. The molecule has 104 valence electrons. The molecule has 1 aliphatic carbocycles. The number of fused-ring (bicyclic) bond motifs is 4. The lowest BCUT2D eigenvalue weighted by Crippen LogP contribution is -2.62. The zero-order chi connectivity index (χ0) is 13.8. The average Bonchev–Trinajstić information content (AvgIpc) is 2.33. The Morgan fingerprint density at radius 1 is 1.32 bits per heavy atom. The smallest absolute Gasteiger partial charge is 0.122 e. The van der Waals surface area contributed by atoms with Gasteiger partial charge in [0.1, 0.15) is 5.75 Å². The lowest BCUT2D eigenvalue weighted by Gasteiger charge is -2.58. The summed E-state index contributed by atoms with van der Waals surface area (Å²) >= 11 is 3.78. The van der Waals surface area contributed by atoms with Gasteiger partial charge in [-0.15, -0.1) is 0 Å². The van der Waals surface area contributed by atoms with Gasteiger partial charge < -0.3 is 10.1 Å². The minimum Gasteiger partial charge on any atom is -0.496 e. The van der Waals surface area contributed by atoms with Crippen LogP contribution in [-0.4, -0.2) is 19.7 Å². The first kappa shape index (κ1) is 13.4. The zero-order valence-electron chi connectivity index (χ0n) is 12.1. The number of halogens is 1. The molecule has 1 saturated heterocycles. The van der Waals surface area contributed by atoms with Gasteiger partial charge in [0.2, 0.25) is 0 Å². The number of nitrogens with one attached hydrogen (secondary N) is 1. The molecule has 1 aliphatic heterocycles. The Kier molecular flexibility index (Phi) is 2.99. The van der Waals surface area contributed by atoms with E-state index in [9.17, 15) is 0 Å². The molecule has 1 heterocycles. The molecule has 2 nitrogen and oxygen atoms in total. The van der Waals surface area contributed by atoms with Crippen LogP contribution in [0.2, 0.25) is 0 Å². The van der Waals surface area contributed by atoms with Crippen LogP contribution in [0.1, 0.15) is 38.3 Å². The van der Waals surface area contributed by atoms with Crippen molar-refractivity contribution in [2.75, 3.05) is 13.7 Å². The Morgan fingerprint density at radius 2 is 2.05 bits per heavy atom. The lowest BCUT2D eigenvalue weighted by atomic mass is 9.51. The van der Waals surface area contributed by atoms with Gasteiger partial charge in [-0.25, -0.2) is 0 Å². The highest BCUT2D eigenvalue weighted by molar-refractivity contribution is 9.10. The first-order chi connectivity index (χ1) is 8.91. The summed E-state index contributed by atoms with van der Waals surface area (Å²) in [6, 6.07) is 4.75. The summed E-state index contributed by atoms with van der Waals surface area (Å²) in [4.78, 5) is 0. The van der Waals surface area contributed by atoms with E-state index in [4.69, 9.17) is 4.74 Å². The Labute approximate surface area is 124 Å². The fraction of sp³-hybridized carbons (Fsp3) is 0.625. The van der Waals surface area contributed by atoms with Crippen LogP contribution in [0.4, 0.5) is 0 Å². The Morgan fingerprint density at radius 3 is 2.74 bits per heavy atom. The van der Waals surface area contributed by atoms with Crippen molar-refractivity contribution in [1.29, 1.82) is 0 Å². The number of piperidine rings is 1. The van der Waals surface area contributed by atoms with E-state index in [1.54, 1.807) is 7.11 Å². The van der Waals surface area contributed by atoms with Crippen molar-refractivity contribution in [2.45, 2.75) is 45.1 Å². The topological polar surface area (TPSA) is 21.3 Å². The minimum absolute atomic E-state index is 0.198. The summed E-state index contributed by atoms with van der Waals surface area (Å²) < 4.78 is 6.83. The fourth-order valence-electron chi connectivity index (χ4n) is 4.03. The van der Waals surface area contributed by atoms with Crippen LogP contribution < -0.4 is 10.1 Å². The van der Waals surface area contributed by atoms with E-state index >= 15 is 0 Å². The summed E-state index contributed by atoms with van der Waals surface area (Å²) in [5, 5.41) is 3.71. The summed E-state index contributed by atoms with van der Waals surface area (Å²) in [6.45, 7) is 8.33. The van der Waals surface area contributed by atoms with Gasteiger partial charge in [0.25, 0.3) is 0 Å². The quantitative estimate of drug-likeness (QED) is 0.851. The van der Waals surface area contributed by atoms with Gasteiger partial charge in [0.05, 0.1) is 7.11 Å². The molecule has 2 aliphatic rings. The number of rotatable bonds is 1. The highest BCUT2D eigenvalue weighted by Gasteiger charge is 2.54. The summed E-state index contributed by atoms with van der Waals surface area (Å²) in [5.41, 5.74) is 3.31. The Bertz CT molecular complexity index is 526. The van der Waals surface area contributed by atoms with E-state index in [1.165, 1.54) is 22.0 Å². The van der Waals surface area contributed by atoms with Gasteiger partial charge in [0, 0.05) is 21.5 Å². The molecule has 19 heavy (non-hydrogen) atoms. The van der Waals surface area contributed by atoms with Crippen LogP contribution in [0.25, 0.3) is 0 Å². The predicted molar refractivity (Wildman–Crippen MR) is 81.9 cm³/mol. The molecule has 0 radical (unpaired) electrons. The first-order valence-corrected chi connectivity index (χ1v) is 7.80. The molecule has 1 aromatic carbocycles. The van der Waals surface area contributed by atoms with Crippen LogP contribution in [0.15, 0.2) is 16.6 Å². The van der Waals surface area contributed by atoms with Gasteiger partial charge in [-0.1, -0.05) is 36.7 Å². The van der Waals surface area contributed by atoms with Crippen molar-refractivity contribution in [3.8, 4) is 5.75 Å². The number of methoxy groups -OCH3 is 1. The lowest BCUT2D eigenvalue weighted by molar-refractivity contribution is 0.0544. The molecule has 1 fully saturated rings. The summed E-state index contributed by atoms with van der Waals surface area (Å²) in [7, 11) is 1.77. The third-order valence-corrected chi connectivity index (χ3v) is 6.37. The zero-order valence-corrected chi connectivity index (χ0v) is 13.7. The maximum absolute atomic E-state index is 5.60. The molecule has 3 rings (SSSR count). The fourth-order valence-corrected chi connectivity index (χ4v) is 4.84. The maximum atomic E-state index is 5.60. The number of hydrogen-bond donors (Lipinski definition) is 1. The second-order valence-corrected chi connectivity index (χ2v) is 7.47. The van der Waals surface area contributed by atoms with E-state index in [0.29, 0.717) is 6.04 Å². The van der Waals surface area contributed by atoms with E-state index in [2.05, 4.69) is 54.2 Å². The number of hydrogen-bond acceptors (Lipinski definition) is 2. The monoisotopic (exact) mass is 323 g/mol. The van der Waals surface area contributed by atoms with Crippen LogP contribution in [0.3, 0.4) is 0 Å². The van der Waals surface area contributed by atoms with Gasteiger partial charge in [-0.2, -0.15) is 0 Å². The van der Waals surface area contributed by atoms with E-state index in [-0.39, 0.29) is 10.8 Å². The second kappa shape index (κ2) is 4.23. The minimum atomic E-state index is 0.198. The Balaban J connectivity index is 2.29. The molecule has 3 heteroatoms. The molecule has 2 atom stereocenters. The van der Waals surface area contributed by atoms with E-state index in [1.807, 2.05) is 0 Å². The molecule has 0 saturated carbocycles. The molecule has 2 bridgehead atoms. The van der Waals surface area contributed by atoms with Gasteiger partial charge >= 0.3 is 0 Å². The second-order valence-electron chi connectivity index (χ2n) is 6.62. The van der Waals surface area contributed by atoms with Crippen molar-refractivity contribution >= 4 is 15.9 Å². The first-order valence-electron chi connectivity index (χ1n) is 7.01. The van der Waals surface area contributed by atoms with Crippen molar-refractivity contribution < 1.29 is 4.74 Å². The predicted octanol–water partition coefficient (Wildman–Crippen LogP) is 3.66. The van der Waals surface area contributed by atoms with Crippen molar-refractivity contribution in [3.05, 3.63) is 27.7 Å². The molecule has 1 N–H and O–H groups in total. The van der Waals surface area contributed by atoms with E-state index in [0.717, 1.165) is 18.7 Å². The van der Waals surface area contributed by atoms with Crippen LogP contribution in [0, 0.1) is 5.41 Å². The molecule has 0 amide bonds. The van der Waals surface area contributed by atoms with Crippen LogP contribution >= 0.6 is 15.9 Å². The van der Waals surface area contributed by atoms with Crippen LogP contribution in [-0.2, 0) is 11.8 Å². The van der Waals surface area contributed by atoms with Gasteiger partial charge in [0.15, 0.2) is 0 Å². The molecule has 0 aromatic heterocycles. The van der Waals surface area contributed by atoms with Gasteiger partial charge in [-0.05, 0) is 42.5 Å². The summed E-state index contributed by atoms with van der Waals surface area (Å²) in [5.74, 6) is 1.04. The van der Waals surface area contributed by atoms with E-state index < -0.39 is 0 Å². The standard InChI is InChI=1S/C16H22BrNO/c1-15(2)13-9-10-12(19-4)6-5-11(17)14(10)16(15,3)7-8-18-13/h5-6,13,18H,7-9H2,1-4H3/t13-,16-/m1/s1. The largest absolute Gasteiger partial charge is 0.496 e. The van der Waals surface area contributed by atoms with Crippen molar-refractivity contribution in [1.82, 2.24) is 5.32 Å². The van der Waals surface area contributed by atoms with Crippen LogP contribution in [0.5, 0.6) is 5.75 Å². The normalized spacial score (nSPS) is 31.7. The highest BCUT2D eigenvalue weighted by atomic mass is 79.9. The third kappa shape index (κ3) is 1.64. The SMILES string of the molecule is COc1ccc(Br)c2c1C[C@H]1NCC[C@@]2(C)C1(C)C. The third-order valence-electron chi connectivity index (χ3n) is 5.71. The van der Waals surface area contributed by atoms with Crippen molar-refractivity contribution in [3.63, 3.8) is 0 Å². The van der Waals surface area contributed by atoms with Gasteiger partial charge in [-0.3, -0.25) is 0 Å². The number of ether oxygens (including phenoxy) is 1.